The molecule has 2 heterocycles. The Balaban J connectivity index is 1.44. The van der Waals surface area contributed by atoms with Crippen molar-refractivity contribution in [2.24, 2.45) is 5.16 Å². The average molecular weight is 543 g/mol. The number of oxime groups is 1. The molecule has 1 atom stereocenters. The molecule has 0 spiro atoms. The number of rotatable bonds is 8. The molecule has 0 aliphatic carbocycles. The maximum atomic E-state index is 13.6. The van der Waals surface area contributed by atoms with Gasteiger partial charge >= 0.3 is 5.97 Å². The fourth-order valence-electron chi connectivity index (χ4n) is 5.17. The summed E-state index contributed by atoms with van der Waals surface area (Å²) in [5.74, 6) is -0.436. The zero-order valence-electron chi connectivity index (χ0n) is 23.7. The summed E-state index contributed by atoms with van der Waals surface area (Å²) < 4.78 is 19.6. The smallest absolute Gasteiger partial charge is 0.331 e. The van der Waals surface area contributed by atoms with E-state index in [1.807, 2.05) is 75.4 Å². The molecule has 1 aliphatic rings. The molecule has 1 fully saturated rings. The van der Waals surface area contributed by atoms with Crippen LogP contribution in [0.2, 0.25) is 0 Å². The minimum atomic E-state index is -0.595. The minimum absolute atomic E-state index is 0.0543. The highest BCUT2D eigenvalue weighted by Crippen LogP contribution is 2.32. The Labute approximate surface area is 233 Å². The van der Waals surface area contributed by atoms with Crippen molar-refractivity contribution in [3.05, 3.63) is 76.9 Å². The van der Waals surface area contributed by atoms with Gasteiger partial charge in [0.1, 0.15) is 18.5 Å². The Morgan fingerprint density at radius 3 is 2.27 bits per heavy atom. The van der Waals surface area contributed by atoms with Crippen LogP contribution in [0, 0.1) is 6.92 Å². The second kappa shape index (κ2) is 10.9. The van der Waals surface area contributed by atoms with Crippen LogP contribution in [-0.2, 0) is 25.7 Å². The van der Waals surface area contributed by atoms with E-state index in [9.17, 15) is 9.59 Å². The first-order valence-electron chi connectivity index (χ1n) is 13.4. The van der Waals surface area contributed by atoms with Gasteiger partial charge in [-0.3, -0.25) is 4.79 Å². The van der Waals surface area contributed by atoms with E-state index in [0.717, 1.165) is 39.5 Å². The number of benzene rings is 3. The van der Waals surface area contributed by atoms with Crippen molar-refractivity contribution in [2.45, 2.75) is 60.0 Å². The number of aromatic nitrogens is 1. The zero-order chi connectivity index (χ0) is 28.6. The number of hydrogen-bond acceptors (Lipinski definition) is 7. The van der Waals surface area contributed by atoms with Gasteiger partial charge < -0.3 is 23.6 Å². The number of carbonyl (C=O) groups is 2. The van der Waals surface area contributed by atoms with E-state index in [1.54, 1.807) is 6.92 Å². The van der Waals surface area contributed by atoms with E-state index in [-0.39, 0.29) is 11.9 Å². The average Bonchev–Trinajstić information content (AvgIpc) is 3.45. The molecule has 8 nitrogen and oxygen atoms in total. The van der Waals surface area contributed by atoms with Gasteiger partial charge in [-0.2, -0.15) is 0 Å². The molecule has 5 rings (SSSR count). The van der Waals surface area contributed by atoms with Gasteiger partial charge in [0.2, 0.25) is 0 Å². The van der Waals surface area contributed by atoms with Crippen molar-refractivity contribution in [1.29, 1.82) is 0 Å². The molecule has 208 valence electrons. The Morgan fingerprint density at radius 2 is 1.68 bits per heavy atom. The fraction of sp³-hybridized carbons (Fsp3) is 0.344. The van der Waals surface area contributed by atoms with Crippen molar-refractivity contribution >= 4 is 39.3 Å². The van der Waals surface area contributed by atoms with Gasteiger partial charge in [0.25, 0.3) is 0 Å². The van der Waals surface area contributed by atoms with Crippen LogP contribution < -0.4 is 4.74 Å². The monoisotopic (exact) mass is 542 g/mol. The predicted octanol–water partition coefficient (Wildman–Crippen LogP) is 6.17. The standard InChI is InChI=1S/C32H34N2O6/c1-7-34-29-12-8-22(20(3)33-40-21(4)35)15-27(29)28-16-23(9-13-30(28)34)31(36)26-11-10-24(14-19(26)2)37-17-25-18-38-32(5,6)39-25/h8-16,25H,7,17-18H2,1-6H3. The van der Waals surface area contributed by atoms with Crippen LogP contribution in [-0.4, -0.2) is 47.1 Å². The SMILES string of the molecule is CCn1c2ccc(C(=O)c3ccc(OCC4COC(C)(C)O4)cc3C)cc2c2cc(C(C)=NOC(C)=O)ccc21. The van der Waals surface area contributed by atoms with Crippen molar-refractivity contribution in [3.8, 4) is 5.75 Å². The molecule has 1 aromatic heterocycles. The summed E-state index contributed by atoms with van der Waals surface area (Å²) in [7, 11) is 0. The minimum Gasteiger partial charge on any atom is -0.491 e. The molecule has 1 unspecified atom stereocenters. The first-order valence-corrected chi connectivity index (χ1v) is 13.4. The summed E-state index contributed by atoms with van der Waals surface area (Å²) in [6, 6.07) is 17.4. The van der Waals surface area contributed by atoms with Gasteiger partial charge in [0, 0.05) is 46.4 Å². The first kappa shape index (κ1) is 27.6. The number of ether oxygens (including phenoxy) is 3. The van der Waals surface area contributed by atoms with Gasteiger partial charge in [0.05, 0.1) is 12.3 Å². The van der Waals surface area contributed by atoms with E-state index in [4.69, 9.17) is 19.0 Å². The number of aryl methyl sites for hydroxylation is 2. The molecule has 8 heteroatoms. The third kappa shape index (κ3) is 5.50. The summed E-state index contributed by atoms with van der Waals surface area (Å²) >= 11 is 0. The number of hydrogen-bond donors (Lipinski definition) is 0. The molecule has 4 aromatic rings. The van der Waals surface area contributed by atoms with Gasteiger partial charge in [-0.25, -0.2) is 4.79 Å². The van der Waals surface area contributed by atoms with Crippen molar-refractivity contribution < 1.29 is 28.6 Å². The molecule has 0 radical (unpaired) electrons. The third-order valence-corrected chi connectivity index (χ3v) is 7.12. The molecule has 40 heavy (non-hydrogen) atoms. The quantitative estimate of drug-likeness (QED) is 0.115. The molecule has 1 saturated heterocycles. The van der Waals surface area contributed by atoms with Gasteiger partial charge in [0.15, 0.2) is 11.6 Å². The Kier molecular flexibility index (Phi) is 7.49. The van der Waals surface area contributed by atoms with E-state index < -0.39 is 11.8 Å². The molecular weight excluding hydrogens is 508 g/mol. The zero-order valence-corrected chi connectivity index (χ0v) is 23.7. The summed E-state index contributed by atoms with van der Waals surface area (Å²) in [5, 5.41) is 5.91. The second-order valence-electron chi connectivity index (χ2n) is 10.5. The highest BCUT2D eigenvalue weighted by atomic mass is 16.7. The second-order valence-corrected chi connectivity index (χ2v) is 10.5. The molecule has 0 N–H and O–H groups in total. The summed E-state index contributed by atoms with van der Waals surface area (Å²) in [6.45, 7) is 12.5. The maximum absolute atomic E-state index is 13.6. The molecule has 0 amide bonds. The van der Waals surface area contributed by atoms with Crippen LogP contribution in [0.4, 0.5) is 0 Å². The number of fused-ring (bicyclic) bond motifs is 3. The topological polar surface area (TPSA) is 88.3 Å². The van der Waals surface area contributed by atoms with E-state index in [0.29, 0.717) is 35.8 Å². The van der Waals surface area contributed by atoms with Gasteiger partial charge in [-0.1, -0.05) is 11.2 Å². The highest BCUT2D eigenvalue weighted by molar-refractivity contribution is 6.16. The largest absolute Gasteiger partial charge is 0.491 e. The highest BCUT2D eigenvalue weighted by Gasteiger charge is 2.33. The fourth-order valence-corrected chi connectivity index (χ4v) is 5.17. The van der Waals surface area contributed by atoms with Crippen molar-refractivity contribution in [1.82, 2.24) is 4.57 Å². The van der Waals surface area contributed by atoms with Crippen LogP contribution in [0.25, 0.3) is 21.8 Å². The molecule has 0 bridgehead atoms. The van der Waals surface area contributed by atoms with Crippen LogP contribution in [0.15, 0.2) is 59.8 Å². The van der Waals surface area contributed by atoms with Crippen LogP contribution in [0.5, 0.6) is 5.75 Å². The Bertz CT molecular complexity index is 1650. The summed E-state index contributed by atoms with van der Waals surface area (Å²) in [6.07, 6.45) is -0.133. The van der Waals surface area contributed by atoms with Gasteiger partial charge in [-0.15, -0.1) is 0 Å². The van der Waals surface area contributed by atoms with E-state index >= 15 is 0 Å². The Hall–Kier alpha value is -4.01. The molecule has 0 saturated carbocycles. The predicted molar refractivity (Wildman–Crippen MR) is 154 cm³/mol. The lowest BCUT2D eigenvalue weighted by Crippen LogP contribution is -2.25. The summed E-state index contributed by atoms with van der Waals surface area (Å²) in [5.41, 5.74) is 5.60. The van der Waals surface area contributed by atoms with Crippen molar-refractivity contribution in [2.75, 3.05) is 13.2 Å². The lowest BCUT2D eigenvalue weighted by atomic mass is 9.97. The molecule has 3 aromatic carbocycles. The first-order chi connectivity index (χ1) is 19.1. The molecule has 1 aliphatic heterocycles. The number of carbonyl (C=O) groups excluding carboxylic acids is 2. The third-order valence-electron chi connectivity index (χ3n) is 7.12. The molecular formula is C32H34N2O6. The van der Waals surface area contributed by atoms with E-state index in [1.165, 1.54) is 6.92 Å². The van der Waals surface area contributed by atoms with Crippen LogP contribution in [0.3, 0.4) is 0 Å². The summed E-state index contributed by atoms with van der Waals surface area (Å²) in [4.78, 5) is 29.7. The number of ketones is 1. The van der Waals surface area contributed by atoms with E-state index in [2.05, 4.69) is 16.6 Å². The number of nitrogens with zero attached hydrogens (tertiary/aromatic N) is 2. The Morgan fingerprint density at radius 1 is 1.00 bits per heavy atom. The van der Waals surface area contributed by atoms with Crippen LogP contribution in [0.1, 0.15) is 61.7 Å². The van der Waals surface area contributed by atoms with Crippen molar-refractivity contribution in [3.63, 3.8) is 0 Å². The lowest BCUT2D eigenvalue weighted by molar-refractivity contribution is -0.141. The van der Waals surface area contributed by atoms with Gasteiger partial charge in [-0.05, 0) is 94.3 Å². The normalized spacial score (nSPS) is 16.9. The lowest BCUT2D eigenvalue weighted by Gasteiger charge is -2.17. The maximum Gasteiger partial charge on any atom is 0.331 e. The van der Waals surface area contributed by atoms with Crippen LogP contribution >= 0.6 is 0 Å².